The summed E-state index contributed by atoms with van der Waals surface area (Å²) in [7, 11) is 3.49. The van der Waals surface area contributed by atoms with E-state index < -0.39 is 0 Å². The van der Waals surface area contributed by atoms with Crippen molar-refractivity contribution in [3.63, 3.8) is 0 Å². The summed E-state index contributed by atoms with van der Waals surface area (Å²) in [5.74, 6) is 1.70. The Bertz CT molecular complexity index is 772. The van der Waals surface area contributed by atoms with Crippen molar-refractivity contribution in [1.82, 2.24) is 10.6 Å². The lowest BCUT2D eigenvalue weighted by Crippen LogP contribution is -2.37. The number of methoxy groups -OCH3 is 1. The number of aliphatic imine (C=N–C) groups is 1. The molecule has 2 aromatic carbocycles. The van der Waals surface area contributed by atoms with Gasteiger partial charge in [0.25, 0.3) is 0 Å². The number of guanidine groups is 1. The summed E-state index contributed by atoms with van der Waals surface area (Å²) in [5, 5.41) is 6.74. The van der Waals surface area contributed by atoms with E-state index >= 15 is 0 Å². The number of hydrogen-bond donors (Lipinski definition) is 2. The van der Waals surface area contributed by atoms with Crippen LogP contribution in [0.1, 0.15) is 36.0 Å². The first-order chi connectivity index (χ1) is 15.2. The predicted octanol–water partition coefficient (Wildman–Crippen LogP) is 4.69. The lowest BCUT2D eigenvalue weighted by molar-refractivity contribution is 0.117. The first-order valence-corrected chi connectivity index (χ1v) is 11.0. The van der Waals surface area contributed by atoms with Gasteiger partial charge < -0.3 is 24.8 Å². The van der Waals surface area contributed by atoms with Crippen molar-refractivity contribution in [3.8, 4) is 5.75 Å². The van der Waals surface area contributed by atoms with Gasteiger partial charge in [0.2, 0.25) is 0 Å². The Kier molecular flexibility index (Phi) is 15.6. The Labute approximate surface area is 210 Å². The molecule has 0 atom stereocenters. The van der Waals surface area contributed by atoms with Crippen LogP contribution in [-0.4, -0.2) is 46.5 Å². The Morgan fingerprint density at radius 3 is 2.50 bits per heavy atom. The lowest BCUT2D eigenvalue weighted by Gasteiger charge is -2.15. The largest absolute Gasteiger partial charge is 0.493 e. The Morgan fingerprint density at radius 2 is 1.75 bits per heavy atom. The fraction of sp³-hybridized carbons (Fsp3) is 0.480. The van der Waals surface area contributed by atoms with Crippen LogP contribution >= 0.6 is 24.0 Å². The quantitative estimate of drug-likeness (QED) is 0.153. The average Bonchev–Trinajstić information content (AvgIpc) is 2.79. The Hall–Kier alpha value is -1.84. The van der Waals surface area contributed by atoms with Crippen LogP contribution < -0.4 is 15.4 Å². The summed E-state index contributed by atoms with van der Waals surface area (Å²) in [6, 6.07) is 16.5. The third kappa shape index (κ3) is 11.7. The molecule has 0 fully saturated rings. The zero-order valence-corrected chi connectivity index (χ0v) is 21.9. The standard InChI is InChI=1S/C25H37N3O3.HI/c1-21-12-13-23(24(18-21)31-17-9-15-29-3)19-28-25(26-2)27-14-7-8-16-30-20-22-10-5-4-6-11-22;/h4-6,10-13,18H,7-9,14-17,19-20H2,1-3H3,(H2,26,27,28);1H. The van der Waals surface area contributed by atoms with Gasteiger partial charge in [-0.2, -0.15) is 0 Å². The molecule has 32 heavy (non-hydrogen) atoms. The van der Waals surface area contributed by atoms with E-state index in [-0.39, 0.29) is 24.0 Å². The fourth-order valence-corrected chi connectivity index (χ4v) is 3.03. The summed E-state index contributed by atoms with van der Waals surface area (Å²) in [6.45, 7) is 6.35. The van der Waals surface area contributed by atoms with E-state index in [1.165, 1.54) is 11.1 Å². The molecule has 6 nitrogen and oxygen atoms in total. The van der Waals surface area contributed by atoms with Gasteiger partial charge in [-0.15, -0.1) is 24.0 Å². The van der Waals surface area contributed by atoms with Crippen LogP contribution in [0.4, 0.5) is 0 Å². The van der Waals surface area contributed by atoms with Crippen molar-refractivity contribution in [3.05, 3.63) is 65.2 Å². The van der Waals surface area contributed by atoms with E-state index in [1.54, 1.807) is 14.2 Å². The van der Waals surface area contributed by atoms with Crippen molar-refractivity contribution in [1.29, 1.82) is 0 Å². The number of rotatable bonds is 14. The van der Waals surface area contributed by atoms with Gasteiger partial charge in [-0.1, -0.05) is 42.5 Å². The van der Waals surface area contributed by atoms with Crippen LogP contribution in [0.25, 0.3) is 0 Å². The second-order valence-corrected chi connectivity index (χ2v) is 7.40. The minimum atomic E-state index is 0. The second-order valence-electron chi connectivity index (χ2n) is 7.40. The normalized spacial score (nSPS) is 11.0. The van der Waals surface area contributed by atoms with E-state index in [0.29, 0.717) is 26.4 Å². The molecule has 0 aliphatic carbocycles. The van der Waals surface area contributed by atoms with Gasteiger partial charge in [0.05, 0.1) is 13.2 Å². The van der Waals surface area contributed by atoms with Crippen LogP contribution in [0, 0.1) is 6.92 Å². The molecule has 7 heteroatoms. The maximum Gasteiger partial charge on any atom is 0.191 e. The summed E-state index contributed by atoms with van der Waals surface area (Å²) in [4.78, 5) is 4.32. The van der Waals surface area contributed by atoms with E-state index in [2.05, 4.69) is 52.9 Å². The molecular weight excluding hydrogens is 517 g/mol. The van der Waals surface area contributed by atoms with Gasteiger partial charge in [-0.25, -0.2) is 0 Å². The molecule has 0 aliphatic heterocycles. The van der Waals surface area contributed by atoms with Gasteiger partial charge in [0.1, 0.15) is 5.75 Å². The second kappa shape index (κ2) is 17.7. The molecule has 0 amide bonds. The van der Waals surface area contributed by atoms with Crippen molar-refractivity contribution in [2.75, 3.05) is 40.5 Å². The Balaban J connectivity index is 0.00000512. The number of hydrogen-bond acceptors (Lipinski definition) is 4. The van der Waals surface area contributed by atoms with Gasteiger partial charge >= 0.3 is 0 Å². The SMILES string of the molecule is CN=C(NCCCCOCc1ccccc1)NCc1ccc(C)cc1OCCCOC.I. The third-order valence-electron chi connectivity index (χ3n) is 4.76. The maximum absolute atomic E-state index is 5.96. The molecule has 2 aromatic rings. The van der Waals surface area contributed by atoms with Crippen molar-refractivity contribution < 1.29 is 14.2 Å². The molecule has 0 bridgehead atoms. The molecule has 0 spiro atoms. The molecule has 0 aromatic heterocycles. The number of halogens is 1. The minimum absolute atomic E-state index is 0. The zero-order valence-electron chi connectivity index (χ0n) is 19.6. The maximum atomic E-state index is 5.96. The van der Waals surface area contributed by atoms with Crippen LogP contribution in [-0.2, 0) is 22.6 Å². The lowest BCUT2D eigenvalue weighted by atomic mass is 10.1. The van der Waals surface area contributed by atoms with E-state index in [4.69, 9.17) is 14.2 Å². The van der Waals surface area contributed by atoms with Gasteiger partial charge in [-0.05, 0) is 37.0 Å². The van der Waals surface area contributed by atoms with Crippen molar-refractivity contribution in [2.45, 2.75) is 39.3 Å². The van der Waals surface area contributed by atoms with Crippen molar-refractivity contribution in [2.24, 2.45) is 4.99 Å². The molecule has 178 valence electrons. The first kappa shape index (κ1) is 28.2. The molecule has 0 unspecified atom stereocenters. The Morgan fingerprint density at radius 1 is 0.938 bits per heavy atom. The van der Waals surface area contributed by atoms with Gasteiger partial charge in [0.15, 0.2) is 5.96 Å². The molecule has 2 N–H and O–H groups in total. The highest BCUT2D eigenvalue weighted by Gasteiger charge is 2.06. The molecule has 0 saturated carbocycles. The average molecular weight is 556 g/mol. The highest BCUT2D eigenvalue weighted by Crippen LogP contribution is 2.20. The number of unbranched alkanes of at least 4 members (excludes halogenated alkanes) is 1. The number of benzene rings is 2. The molecule has 0 radical (unpaired) electrons. The topological polar surface area (TPSA) is 64.1 Å². The minimum Gasteiger partial charge on any atom is -0.493 e. The van der Waals surface area contributed by atoms with Crippen LogP contribution in [0.5, 0.6) is 5.75 Å². The van der Waals surface area contributed by atoms with Gasteiger partial charge in [0, 0.05) is 52.4 Å². The van der Waals surface area contributed by atoms with Crippen LogP contribution in [0.3, 0.4) is 0 Å². The smallest absolute Gasteiger partial charge is 0.191 e. The van der Waals surface area contributed by atoms with Crippen LogP contribution in [0.15, 0.2) is 53.5 Å². The summed E-state index contributed by atoms with van der Waals surface area (Å²) in [6.07, 6.45) is 2.90. The number of nitrogens with one attached hydrogen (secondary N) is 2. The monoisotopic (exact) mass is 555 g/mol. The molecule has 2 rings (SSSR count). The highest BCUT2D eigenvalue weighted by atomic mass is 127. The number of nitrogens with zero attached hydrogens (tertiary/aromatic N) is 1. The molecule has 0 aliphatic rings. The van der Waals surface area contributed by atoms with Crippen LogP contribution in [0.2, 0.25) is 0 Å². The summed E-state index contributed by atoms with van der Waals surface area (Å²) >= 11 is 0. The van der Waals surface area contributed by atoms with E-state index in [1.807, 2.05) is 18.2 Å². The fourth-order valence-electron chi connectivity index (χ4n) is 3.03. The van der Waals surface area contributed by atoms with E-state index in [0.717, 1.165) is 49.7 Å². The number of ether oxygens (including phenoxy) is 3. The summed E-state index contributed by atoms with van der Waals surface area (Å²) < 4.78 is 16.8. The highest BCUT2D eigenvalue weighted by molar-refractivity contribution is 14.0. The van der Waals surface area contributed by atoms with E-state index in [9.17, 15) is 0 Å². The molecule has 0 saturated heterocycles. The predicted molar refractivity (Wildman–Crippen MR) is 142 cm³/mol. The molecular formula is C25H38IN3O3. The summed E-state index contributed by atoms with van der Waals surface area (Å²) in [5.41, 5.74) is 3.51. The number of aryl methyl sites for hydroxylation is 1. The van der Waals surface area contributed by atoms with Gasteiger partial charge in [-0.3, -0.25) is 4.99 Å². The van der Waals surface area contributed by atoms with Crippen molar-refractivity contribution >= 4 is 29.9 Å². The third-order valence-corrected chi connectivity index (χ3v) is 4.76. The zero-order chi connectivity index (χ0) is 22.2. The molecule has 0 heterocycles. The first-order valence-electron chi connectivity index (χ1n) is 11.0.